The molecule has 0 saturated heterocycles. The van der Waals surface area contributed by atoms with E-state index in [1.807, 2.05) is 0 Å². The Morgan fingerprint density at radius 2 is 0.868 bits per heavy atom. The van der Waals surface area contributed by atoms with Crippen LogP contribution >= 0.6 is 28.5 Å². The van der Waals surface area contributed by atoms with Gasteiger partial charge in [0.2, 0.25) is 0 Å². The highest BCUT2D eigenvalue weighted by Crippen LogP contribution is 2.75. The van der Waals surface area contributed by atoms with Gasteiger partial charge in [0.25, 0.3) is 0 Å². The molecule has 2 nitrogen and oxygen atoms in total. The summed E-state index contributed by atoms with van der Waals surface area (Å²) in [5.41, 5.74) is 0. The first-order valence-electron chi connectivity index (χ1n) is 16.5. The van der Waals surface area contributed by atoms with E-state index in [9.17, 15) is 0 Å². The topological polar surface area (TPSA) is 26.3 Å². The summed E-state index contributed by atoms with van der Waals surface area (Å²) in [4.78, 5) is 0. The fraction of sp³-hybridized carbons (Fsp3) is 1.00. The molecule has 0 aliphatic rings. The van der Waals surface area contributed by atoms with Gasteiger partial charge in [0.1, 0.15) is 0 Å². The van der Waals surface area contributed by atoms with Crippen LogP contribution in [0.1, 0.15) is 160 Å². The molecule has 38 heavy (non-hydrogen) atoms. The van der Waals surface area contributed by atoms with E-state index in [1.54, 1.807) is 22.8 Å². The molecule has 0 heterocycles. The first kappa shape index (κ1) is 38.9. The van der Waals surface area contributed by atoms with Crippen molar-refractivity contribution in [3.8, 4) is 0 Å². The minimum atomic E-state index is -2.98. The molecule has 230 valence electrons. The standard InChI is InChI=1S/C33H69O2PS2/c1-13-16-19-22-31(28(10)25(4)5)35-36(34,37-32(23-20-17-14-2)29(11)26(6)7)38-33(24-21-18-15-3)30(12)27(8)9/h25-33H,13-24H2,1-12H3. The lowest BCUT2D eigenvalue weighted by molar-refractivity contribution is 0.115. The van der Waals surface area contributed by atoms with Crippen LogP contribution in [0, 0.1) is 35.5 Å². The van der Waals surface area contributed by atoms with Crippen molar-refractivity contribution >= 4 is 28.5 Å². The van der Waals surface area contributed by atoms with Gasteiger partial charge in [-0.1, -0.05) is 164 Å². The minimum absolute atomic E-state index is 0.0729. The summed E-state index contributed by atoms with van der Waals surface area (Å²) in [6.07, 6.45) is 14.4. The van der Waals surface area contributed by atoms with Crippen LogP contribution in [0.15, 0.2) is 0 Å². The van der Waals surface area contributed by atoms with E-state index in [1.165, 1.54) is 51.4 Å². The molecule has 0 saturated carbocycles. The summed E-state index contributed by atoms with van der Waals surface area (Å²) in [6.45, 7) is 27.8. The molecule has 0 spiro atoms. The average Bonchev–Trinajstić information content (AvgIpc) is 2.85. The van der Waals surface area contributed by atoms with E-state index < -0.39 is 5.77 Å². The molecule has 0 bridgehead atoms. The van der Waals surface area contributed by atoms with Crippen LogP contribution in [0.3, 0.4) is 0 Å². The maximum Gasteiger partial charge on any atom is 0.314 e. The van der Waals surface area contributed by atoms with Crippen LogP contribution in [0.5, 0.6) is 0 Å². The average molecular weight is 593 g/mol. The fourth-order valence-corrected chi connectivity index (χ4v) is 15.2. The van der Waals surface area contributed by atoms with Gasteiger partial charge in [0, 0.05) is 10.5 Å². The molecular weight excluding hydrogens is 523 g/mol. The van der Waals surface area contributed by atoms with Gasteiger partial charge in [0.15, 0.2) is 0 Å². The largest absolute Gasteiger partial charge is 0.314 e. The van der Waals surface area contributed by atoms with Crippen molar-refractivity contribution in [2.24, 2.45) is 35.5 Å². The van der Waals surface area contributed by atoms with Crippen molar-refractivity contribution in [2.45, 2.75) is 177 Å². The molecule has 6 atom stereocenters. The van der Waals surface area contributed by atoms with Crippen LogP contribution in [-0.2, 0) is 9.09 Å². The molecule has 0 rings (SSSR count). The summed E-state index contributed by atoms with van der Waals surface area (Å²) in [5, 5.41) is 0.771. The zero-order chi connectivity index (χ0) is 29.3. The third kappa shape index (κ3) is 15.8. The number of hydrogen-bond acceptors (Lipinski definition) is 4. The van der Waals surface area contributed by atoms with Gasteiger partial charge in [-0.05, 0) is 54.8 Å². The first-order valence-corrected chi connectivity index (χ1v) is 21.1. The van der Waals surface area contributed by atoms with E-state index in [-0.39, 0.29) is 6.10 Å². The predicted molar refractivity (Wildman–Crippen MR) is 180 cm³/mol. The Labute approximate surface area is 249 Å². The maximum atomic E-state index is 15.2. The summed E-state index contributed by atoms with van der Waals surface area (Å²) in [5.74, 6) is 0.159. The van der Waals surface area contributed by atoms with Crippen LogP contribution in [0.25, 0.3) is 0 Å². The highest BCUT2D eigenvalue weighted by atomic mass is 33.1. The molecule has 0 N–H and O–H groups in total. The molecule has 0 radical (unpaired) electrons. The summed E-state index contributed by atoms with van der Waals surface area (Å²) in [6, 6.07) is 0. The molecule has 0 aromatic heterocycles. The number of hydrogen-bond donors (Lipinski definition) is 0. The third-order valence-corrected chi connectivity index (χ3v) is 17.1. The zero-order valence-corrected chi connectivity index (χ0v) is 30.3. The van der Waals surface area contributed by atoms with Gasteiger partial charge in [-0.3, -0.25) is 4.57 Å². The molecule has 6 unspecified atom stereocenters. The Morgan fingerprint density at radius 1 is 0.526 bits per heavy atom. The van der Waals surface area contributed by atoms with Crippen LogP contribution in [0.2, 0.25) is 0 Å². The third-order valence-electron chi connectivity index (χ3n) is 8.98. The quantitative estimate of drug-likeness (QED) is 0.0822. The Bertz CT molecular complexity index is 529. The lowest BCUT2D eigenvalue weighted by atomic mass is 9.89. The normalized spacial score (nSPS) is 18.9. The van der Waals surface area contributed by atoms with Crippen molar-refractivity contribution in [2.75, 3.05) is 0 Å². The van der Waals surface area contributed by atoms with Crippen LogP contribution < -0.4 is 0 Å². The van der Waals surface area contributed by atoms with Crippen molar-refractivity contribution in [1.29, 1.82) is 0 Å². The number of unbranched alkanes of at least 4 members (excludes halogenated alkanes) is 6. The van der Waals surface area contributed by atoms with E-state index >= 15 is 4.57 Å². The monoisotopic (exact) mass is 592 g/mol. The Morgan fingerprint density at radius 3 is 1.18 bits per heavy atom. The molecule has 0 fully saturated rings. The molecule has 0 amide bonds. The van der Waals surface area contributed by atoms with Gasteiger partial charge in [-0.15, -0.1) is 0 Å². The predicted octanol–water partition coefficient (Wildman–Crippen LogP) is 13.3. The van der Waals surface area contributed by atoms with Crippen molar-refractivity contribution in [3.63, 3.8) is 0 Å². The molecular formula is C33H69O2PS2. The Kier molecular flexibility index (Phi) is 22.1. The van der Waals surface area contributed by atoms with Crippen molar-refractivity contribution in [3.05, 3.63) is 0 Å². The molecule has 0 aromatic carbocycles. The molecule has 0 aliphatic heterocycles. The summed E-state index contributed by atoms with van der Waals surface area (Å²) >= 11 is 3.54. The highest BCUT2D eigenvalue weighted by Gasteiger charge is 2.40. The second-order valence-electron chi connectivity index (χ2n) is 13.2. The van der Waals surface area contributed by atoms with E-state index in [4.69, 9.17) is 4.52 Å². The van der Waals surface area contributed by atoms with E-state index in [0.29, 0.717) is 46.0 Å². The zero-order valence-electron chi connectivity index (χ0n) is 27.8. The molecule has 0 aliphatic carbocycles. The van der Waals surface area contributed by atoms with Gasteiger partial charge in [-0.25, -0.2) is 0 Å². The smallest absolute Gasteiger partial charge is 0.310 e. The van der Waals surface area contributed by atoms with Gasteiger partial charge >= 0.3 is 5.77 Å². The van der Waals surface area contributed by atoms with Gasteiger partial charge in [0.05, 0.1) is 6.10 Å². The lowest BCUT2D eigenvalue weighted by Crippen LogP contribution is -2.26. The second-order valence-corrected chi connectivity index (χ2v) is 20.8. The Balaban J connectivity index is 6.33. The summed E-state index contributed by atoms with van der Waals surface area (Å²) in [7, 11) is 0. The van der Waals surface area contributed by atoms with Crippen LogP contribution in [0.4, 0.5) is 0 Å². The van der Waals surface area contributed by atoms with Crippen molar-refractivity contribution < 1.29 is 9.09 Å². The van der Waals surface area contributed by atoms with Crippen molar-refractivity contribution in [1.82, 2.24) is 0 Å². The Hall–Kier alpha value is 0.890. The summed E-state index contributed by atoms with van der Waals surface area (Å²) < 4.78 is 22.3. The molecule has 5 heteroatoms. The minimum Gasteiger partial charge on any atom is -0.310 e. The fourth-order valence-electron chi connectivity index (χ4n) is 4.88. The van der Waals surface area contributed by atoms with E-state index in [0.717, 1.165) is 25.7 Å². The maximum absolute atomic E-state index is 15.2. The highest BCUT2D eigenvalue weighted by molar-refractivity contribution is 8.89. The van der Waals surface area contributed by atoms with Gasteiger partial charge < -0.3 is 4.52 Å². The van der Waals surface area contributed by atoms with Crippen LogP contribution in [-0.4, -0.2) is 16.6 Å². The second kappa shape index (κ2) is 21.6. The first-order chi connectivity index (χ1) is 17.8. The lowest BCUT2D eigenvalue weighted by Gasteiger charge is -2.36. The number of rotatable bonds is 24. The molecule has 0 aromatic rings. The SMILES string of the molecule is CCCCCC(OP(=O)(SC(CCCCC)C(C)C(C)C)SC(CCCCC)C(C)C(C)C)C(C)C(C)C. The van der Waals surface area contributed by atoms with Gasteiger partial charge in [-0.2, -0.15) is 0 Å². The van der Waals surface area contributed by atoms with E-state index in [2.05, 4.69) is 83.1 Å².